The first kappa shape index (κ1) is 22.9. The molecule has 0 spiro atoms. The fourth-order valence-corrected chi connectivity index (χ4v) is 4.01. The number of halogens is 2. The maximum atomic E-state index is 13.5. The van der Waals surface area contributed by atoms with Gasteiger partial charge in [-0.3, -0.25) is 0 Å². The third-order valence-corrected chi connectivity index (χ3v) is 5.63. The zero-order valence-corrected chi connectivity index (χ0v) is 19.2. The Balaban J connectivity index is 0.00000280. The molecular formula is C20H28FIN4OS. The first-order chi connectivity index (χ1) is 13.2. The zero-order valence-electron chi connectivity index (χ0n) is 16.0. The largest absolute Gasteiger partial charge is 0.392 e. The second-order valence-corrected chi connectivity index (χ2v) is 7.56. The van der Waals surface area contributed by atoms with Crippen LogP contribution in [0.3, 0.4) is 0 Å². The molecule has 1 aliphatic heterocycles. The third kappa shape index (κ3) is 6.31. The van der Waals surface area contributed by atoms with Gasteiger partial charge in [-0.25, -0.2) is 9.38 Å². The van der Waals surface area contributed by atoms with Crippen LogP contribution in [0.15, 0.2) is 40.7 Å². The first-order valence-electron chi connectivity index (χ1n) is 9.41. The van der Waals surface area contributed by atoms with Crippen molar-refractivity contribution in [2.75, 3.05) is 24.5 Å². The molecule has 2 heterocycles. The molecule has 0 atom stereocenters. The molecule has 0 bridgehead atoms. The monoisotopic (exact) mass is 518 g/mol. The minimum Gasteiger partial charge on any atom is -0.392 e. The van der Waals surface area contributed by atoms with E-state index in [9.17, 15) is 9.50 Å². The van der Waals surface area contributed by atoms with Crippen LogP contribution in [0.25, 0.3) is 0 Å². The Hall–Kier alpha value is -1.39. The average Bonchev–Trinajstić information content (AvgIpc) is 3.22. The second-order valence-electron chi connectivity index (χ2n) is 6.64. The van der Waals surface area contributed by atoms with E-state index in [1.54, 1.807) is 23.5 Å². The first-order valence-corrected chi connectivity index (χ1v) is 10.3. The van der Waals surface area contributed by atoms with Gasteiger partial charge >= 0.3 is 0 Å². The molecule has 1 aliphatic rings. The number of guanidine groups is 1. The lowest BCUT2D eigenvalue weighted by Gasteiger charge is -2.33. The molecule has 28 heavy (non-hydrogen) atoms. The molecule has 0 radical (unpaired) electrons. The van der Waals surface area contributed by atoms with E-state index in [0.29, 0.717) is 18.2 Å². The minimum atomic E-state index is -0.382. The van der Waals surface area contributed by atoms with E-state index in [4.69, 9.17) is 0 Å². The Labute approximate surface area is 187 Å². The summed E-state index contributed by atoms with van der Waals surface area (Å²) >= 11 is 1.79. The highest BCUT2D eigenvalue weighted by Crippen LogP contribution is 2.24. The maximum Gasteiger partial charge on any atom is 0.191 e. The van der Waals surface area contributed by atoms with E-state index < -0.39 is 0 Å². The van der Waals surface area contributed by atoms with Gasteiger partial charge in [0.25, 0.3) is 0 Å². The van der Waals surface area contributed by atoms with Gasteiger partial charge in [0.2, 0.25) is 0 Å². The van der Waals surface area contributed by atoms with Gasteiger partial charge in [-0.1, -0.05) is 6.07 Å². The van der Waals surface area contributed by atoms with Gasteiger partial charge in [0.15, 0.2) is 5.96 Å². The van der Waals surface area contributed by atoms with Crippen molar-refractivity contribution < 1.29 is 9.50 Å². The van der Waals surface area contributed by atoms with Gasteiger partial charge in [-0.05, 0) is 55.0 Å². The molecule has 3 rings (SSSR count). The maximum absolute atomic E-state index is 13.5. The van der Waals surface area contributed by atoms with E-state index in [0.717, 1.165) is 44.0 Å². The van der Waals surface area contributed by atoms with Gasteiger partial charge in [0.05, 0.1) is 18.2 Å². The lowest BCUT2D eigenvalue weighted by atomic mass is 10.1. The van der Waals surface area contributed by atoms with Crippen LogP contribution in [0, 0.1) is 5.82 Å². The predicted molar refractivity (Wildman–Crippen MR) is 125 cm³/mol. The summed E-state index contributed by atoms with van der Waals surface area (Å²) in [5, 5.41) is 19.5. The number of aliphatic hydroxyl groups is 1. The topological polar surface area (TPSA) is 59.9 Å². The van der Waals surface area contributed by atoms with Crippen molar-refractivity contribution in [2.24, 2.45) is 4.99 Å². The smallest absolute Gasteiger partial charge is 0.191 e. The zero-order chi connectivity index (χ0) is 19.1. The van der Waals surface area contributed by atoms with E-state index >= 15 is 0 Å². The van der Waals surface area contributed by atoms with Crippen LogP contribution < -0.4 is 15.5 Å². The number of nitrogens with one attached hydrogen (secondary N) is 2. The predicted octanol–water partition coefficient (Wildman–Crippen LogP) is 3.72. The lowest BCUT2D eigenvalue weighted by Crippen LogP contribution is -2.48. The van der Waals surface area contributed by atoms with Crippen molar-refractivity contribution in [2.45, 2.75) is 39.0 Å². The highest BCUT2D eigenvalue weighted by atomic mass is 127. The number of hydrogen-bond acceptors (Lipinski definition) is 4. The number of anilines is 1. The summed E-state index contributed by atoms with van der Waals surface area (Å²) in [5.74, 6) is 0.398. The quantitative estimate of drug-likeness (QED) is 0.310. The summed E-state index contributed by atoms with van der Waals surface area (Å²) in [6, 6.07) is 9.42. The highest BCUT2D eigenvalue weighted by Gasteiger charge is 2.20. The lowest BCUT2D eigenvalue weighted by molar-refractivity contribution is 0.275. The van der Waals surface area contributed by atoms with Crippen LogP contribution in [0.2, 0.25) is 0 Å². The van der Waals surface area contributed by atoms with Crippen LogP contribution in [-0.2, 0) is 13.2 Å². The number of benzene rings is 1. The molecule has 8 heteroatoms. The standard InChI is InChI=1S/C20H27FN4OS.HI/c1-2-22-20(23-13-15-5-6-18(21)16(12-15)14-26)24-17-7-9-25(10-8-17)19-4-3-11-27-19;/h3-6,11-12,17,26H,2,7-10,13-14H2,1H3,(H2,22,23,24);1H. The van der Waals surface area contributed by atoms with Crippen molar-refractivity contribution in [3.8, 4) is 0 Å². The Bertz CT molecular complexity index is 749. The summed E-state index contributed by atoms with van der Waals surface area (Å²) in [4.78, 5) is 7.06. The van der Waals surface area contributed by atoms with Crippen LogP contribution in [0.5, 0.6) is 0 Å². The van der Waals surface area contributed by atoms with Gasteiger partial charge in [-0.2, -0.15) is 0 Å². The number of aliphatic hydroxyl groups excluding tert-OH is 1. The molecule has 1 fully saturated rings. The number of piperidine rings is 1. The van der Waals surface area contributed by atoms with Crippen molar-refractivity contribution in [1.82, 2.24) is 10.6 Å². The molecule has 1 aromatic carbocycles. The Morgan fingerprint density at radius 2 is 2.11 bits per heavy atom. The van der Waals surface area contributed by atoms with Crippen LogP contribution in [-0.4, -0.2) is 36.7 Å². The molecule has 1 saturated heterocycles. The Morgan fingerprint density at radius 1 is 1.32 bits per heavy atom. The molecule has 2 aromatic rings. The number of thiophene rings is 1. The number of hydrogen-bond donors (Lipinski definition) is 3. The van der Waals surface area contributed by atoms with Gasteiger partial charge in [0.1, 0.15) is 5.82 Å². The number of rotatable bonds is 6. The van der Waals surface area contributed by atoms with Crippen LogP contribution in [0.1, 0.15) is 30.9 Å². The highest BCUT2D eigenvalue weighted by molar-refractivity contribution is 14.0. The minimum absolute atomic E-state index is 0. The molecule has 1 aromatic heterocycles. The number of nitrogens with zero attached hydrogens (tertiary/aromatic N) is 2. The molecule has 0 aliphatic carbocycles. The molecule has 0 amide bonds. The Kier molecular flexibility index (Phi) is 9.46. The van der Waals surface area contributed by atoms with Crippen molar-refractivity contribution >= 4 is 46.3 Å². The summed E-state index contributed by atoms with van der Waals surface area (Å²) < 4.78 is 13.5. The fourth-order valence-electron chi connectivity index (χ4n) is 3.23. The molecular weight excluding hydrogens is 490 g/mol. The molecule has 3 N–H and O–H groups in total. The van der Waals surface area contributed by atoms with Crippen LogP contribution >= 0.6 is 35.3 Å². The summed E-state index contributed by atoms with van der Waals surface area (Å²) in [6.45, 7) is 5.04. The fraction of sp³-hybridized carbons (Fsp3) is 0.450. The van der Waals surface area contributed by atoms with Crippen molar-refractivity contribution in [3.05, 3.63) is 52.7 Å². The van der Waals surface area contributed by atoms with E-state index in [1.165, 1.54) is 11.1 Å². The van der Waals surface area contributed by atoms with Crippen LogP contribution in [0.4, 0.5) is 9.39 Å². The summed E-state index contributed by atoms with van der Waals surface area (Å²) in [6.07, 6.45) is 2.13. The summed E-state index contributed by atoms with van der Waals surface area (Å²) in [7, 11) is 0. The Morgan fingerprint density at radius 3 is 2.75 bits per heavy atom. The van der Waals surface area contributed by atoms with E-state index in [-0.39, 0.29) is 36.4 Å². The molecule has 0 unspecified atom stereocenters. The van der Waals surface area contributed by atoms with Gasteiger partial charge in [-0.15, -0.1) is 35.3 Å². The third-order valence-electron chi connectivity index (χ3n) is 4.70. The van der Waals surface area contributed by atoms with E-state index in [2.05, 4.69) is 38.0 Å². The van der Waals surface area contributed by atoms with Gasteiger partial charge < -0.3 is 20.6 Å². The number of aliphatic imine (C=N–C) groups is 1. The molecule has 5 nitrogen and oxygen atoms in total. The molecule has 0 saturated carbocycles. The van der Waals surface area contributed by atoms with Gasteiger partial charge in [0, 0.05) is 31.2 Å². The SMILES string of the molecule is CCNC(=NCc1ccc(F)c(CO)c1)NC1CCN(c2cccs2)CC1.I. The summed E-state index contributed by atoms with van der Waals surface area (Å²) in [5.41, 5.74) is 1.19. The second kappa shape index (κ2) is 11.6. The van der Waals surface area contributed by atoms with E-state index in [1.807, 2.05) is 6.92 Å². The molecule has 154 valence electrons. The average molecular weight is 518 g/mol. The van der Waals surface area contributed by atoms with Crippen molar-refractivity contribution in [1.29, 1.82) is 0 Å². The van der Waals surface area contributed by atoms with Crippen molar-refractivity contribution in [3.63, 3.8) is 0 Å². The normalized spacial score (nSPS) is 15.2.